The number of halogens is 1. The average Bonchev–Trinajstić information content (AvgIpc) is 2.85. The molecule has 0 saturated carbocycles. The third-order valence-electron chi connectivity index (χ3n) is 4.75. The van der Waals surface area contributed by atoms with Gasteiger partial charge in [0.2, 0.25) is 0 Å². The van der Waals surface area contributed by atoms with Crippen LogP contribution in [0.2, 0.25) is 5.02 Å². The lowest BCUT2D eigenvalue weighted by Crippen LogP contribution is -2.04. The number of para-hydroxylation sites is 1. The summed E-state index contributed by atoms with van der Waals surface area (Å²) in [5.74, 6) is 0. The van der Waals surface area contributed by atoms with Crippen LogP contribution in [0.3, 0.4) is 0 Å². The zero-order valence-electron chi connectivity index (χ0n) is 16.3. The van der Waals surface area contributed by atoms with Crippen LogP contribution in [0.4, 0.5) is 5.69 Å². The molecule has 1 aliphatic rings. The maximum absolute atomic E-state index is 6.41. The standard InChI is InChI=1S/C23H32ClN/c1-5-11-17-18(12-6-2)20(14-8-4)23(19(17)13-7-3)25-22-16-10-9-15-21(22)24/h9-10,15-16H,5-8,11-14H2,1-4H3. The van der Waals surface area contributed by atoms with E-state index in [-0.39, 0.29) is 0 Å². The van der Waals surface area contributed by atoms with Crippen LogP contribution in [0.15, 0.2) is 51.6 Å². The Kier molecular flexibility index (Phi) is 7.96. The van der Waals surface area contributed by atoms with Crippen molar-refractivity contribution in [1.29, 1.82) is 0 Å². The molecule has 136 valence electrons. The molecule has 0 aliphatic heterocycles. The van der Waals surface area contributed by atoms with Crippen molar-refractivity contribution in [3.8, 4) is 0 Å². The van der Waals surface area contributed by atoms with Crippen LogP contribution >= 0.6 is 11.6 Å². The van der Waals surface area contributed by atoms with Gasteiger partial charge in [0.15, 0.2) is 0 Å². The predicted octanol–water partition coefficient (Wildman–Crippen LogP) is 8.22. The van der Waals surface area contributed by atoms with Gasteiger partial charge in [-0.1, -0.05) is 77.1 Å². The Morgan fingerprint density at radius 1 is 0.680 bits per heavy atom. The van der Waals surface area contributed by atoms with Crippen LogP contribution in [0.25, 0.3) is 0 Å². The van der Waals surface area contributed by atoms with E-state index in [1.807, 2.05) is 24.3 Å². The van der Waals surface area contributed by atoms with Crippen LogP contribution in [0.1, 0.15) is 79.1 Å². The third kappa shape index (κ3) is 4.64. The summed E-state index contributed by atoms with van der Waals surface area (Å²) in [5.41, 5.74) is 8.26. The number of rotatable bonds is 9. The van der Waals surface area contributed by atoms with Gasteiger partial charge in [0.1, 0.15) is 0 Å². The Morgan fingerprint density at radius 3 is 1.56 bits per heavy atom. The molecule has 1 nitrogen and oxygen atoms in total. The molecule has 0 unspecified atom stereocenters. The normalized spacial score (nSPS) is 14.7. The molecule has 0 aromatic heterocycles. The zero-order valence-corrected chi connectivity index (χ0v) is 17.0. The fourth-order valence-electron chi connectivity index (χ4n) is 3.77. The van der Waals surface area contributed by atoms with E-state index in [9.17, 15) is 0 Å². The molecule has 0 bridgehead atoms. The van der Waals surface area contributed by atoms with Gasteiger partial charge < -0.3 is 0 Å². The highest BCUT2D eigenvalue weighted by Gasteiger charge is 2.28. The van der Waals surface area contributed by atoms with Gasteiger partial charge in [0.25, 0.3) is 0 Å². The summed E-state index contributed by atoms with van der Waals surface area (Å²) in [7, 11) is 0. The molecule has 0 fully saturated rings. The molecule has 0 spiro atoms. The van der Waals surface area contributed by atoms with Crippen molar-refractivity contribution in [3.05, 3.63) is 51.6 Å². The van der Waals surface area contributed by atoms with Gasteiger partial charge in [-0.25, -0.2) is 4.99 Å². The first-order chi connectivity index (χ1) is 12.2. The van der Waals surface area contributed by atoms with E-state index in [0.29, 0.717) is 0 Å². The first-order valence-corrected chi connectivity index (χ1v) is 10.3. The molecule has 0 heterocycles. The van der Waals surface area contributed by atoms with Crippen LogP contribution < -0.4 is 0 Å². The third-order valence-corrected chi connectivity index (χ3v) is 5.07. The molecular weight excluding hydrogens is 326 g/mol. The molecule has 0 radical (unpaired) electrons. The van der Waals surface area contributed by atoms with Gasteiger partial charge in [-0.2, -0.15) is 0 Å². The van der Waals surface area contributed by atoms with Crippen LogP contribution in [-0.4, -0.2) is 5.71 Å². The van der Waals surface area contributed by atoms with Gasteiger partial charge in [-0.05, 0) is 60.1 Å². The SMILES string of the molecule is CCCC1=C(CCC)C(CCC)=C(CCC)C1=Nc1ccccc1Cl. The van der Waals surface area contributed by atoms with Gasteiger partial charge in [0.05, 0.1) is 16.4 Å². The minimum absolute atomic E-state index is 0.739. The molecule has 2 rings (SSSR count). The number of hydrogen-bond donors (Lipinski definition) is 0. The maximum Gasteiger partial charge on any atom is 0.0823 e. The van der Waals surface area contributed by atoms with E-state index in [0.717, 1.165) is 36.4 Å². The zero-order chi connectivity index (χ0) is 18.2. The molecule has 0 atom stereocenters. The maximum atomic E-state index is 6.41. The van der Waals surface area contributed by atoms with E-state index in [1.54, 1.807) is 11.1 Å². The Labute approximate surface area is 158 Å². The van der Waals surface area contributed by atoms with Crippen LogP contribution in [-0.2, 0) is 0 Å². The van der Waals surface area contributed by atoms with E-state index >= 15 is 0 Å². The summed E-state index contributed by atoms with van der Waals surface area (Å²) in [6, 6.07) is 7.95. The Bertz CT molecular complexity index is 645. The lowest BCUT2D eigenvalue weighted by molar-refractivity contribution is 0.825. The summed E-state index contributed by atoms with van der Waals surface area (Å²) < 4.78 is 0. The van der Waals surface area contributed by atoms with Crippen LogP contribution in [0.5, 0.6) is 0 Å². The molecule has 25 heavy (non-hydrogen) atoms. The topological polar surface area (TPSA) is 12.4 Å². The second-order valence-electron chi connectivity index (χ2n) is 6.83. The Balaban J connectivity index is 2.63. The molecule has 1 aromatic carbocycles. The smallest absolute Gasteiger partial charge is 0.0823 e. The highest BCUT2D eigenvalue weighted by Crippen LogP contribution is 2.41. The van der Waals surface area contributed by atoms with E-state index in [1.165, 1.54) is 42.5 Å². The molecule has 1 aromatic rings. The van der Waals surface area contributed by atoms with Crippen molar-refractivity contribution in [3.63, 3.8) is 0 Å². The van der Waals surface area contributed by atoms with Crippen molar-refractivity contribution in [2.75, 3.05) is 0 Å². The Hall–Kier alpha value is -1.34. The van der Waals surface area contributed by atoms with E-state index in [2.05, 4.69) is 27.7 Å². The number of nitrogens with zero attached hydrogens (tertiary/aromatic N) is 1. The summed E-state index contributed by atoms with van der Waals surface area (Å²) >= 11 is 6.41. The second kappa shape index (κ2) is 9.97. The summed E-state index contributed by atoms with van der Waals surface area (Å²) in [4.78, 5) is 5.09. The molecular formula is C23H32ClN. The highest BCUT2D eigenvalue weighted by atomic mass is 35.5. The fourth-order valence-corrected chi connectivity index (χ4v) is 3.95. The van der Waals surface area contributed by atoms with Crippen molar-refractivity contribution in [1.82, 2.24) is 0 Å². The first kappa shape index (κ1) is 20.0. The summed E-state index contributed by atoms with van der Waals surface area (Å²) in [5, 5.41) is 0.739. The van der Waals surface area contributed by atoms with E-state index < -0.39 is 0 Å². The lowest BCUT2D eigenvalue weighted by atomic mass is 9.95. The van der Waals surface area contributed by atoms with Gasteiger partial charge >= 0.3 is 0 Å². The monoisotopic (exact) mass is 357 g/mol. The number of allylic oxidation sites excluding steroid dienone is 4. The predicted molar refractivity (Wildman–Crippen MR) is 112 cm³/mol. The van der Waals surface area contributed by atoms with Gasteiger partial charge in [0, 0.05) is 0 Å². The summed E-state index contributed by atoms with van der Waals surface area (Å²) in [6.45, 7) is 9.09. The quantitative estimate of drug-likeness (QED) is 0.422. The van der Waals surface area contributed by atoms with E-state index in [4.69, 9.17) is 16.6 Å². The highest BCUT2D eigenvalue weighted by molar-refractivity contribution is 6.33. The molecule has 0 amide bonds. The molecule has 1 aliphatic carbocycles. The number of hydrogen-bond acceptors (Lipinski definition) is 1. The van der Waals surface area contributed by atoms with Crippen molar-refractivity contribution < 1.29 is 0 Å². The van der Waals surface area contributed by atoms with Crippen LogP contribution in [0, 0.1) is 0 Å². The minimum atomic E-state index is 0.739. The van der Waals surface area contributed by atoms with Crippen molar-refractivity contribution in [2.24, 2.45) is 4.99 Å². The number of aliphatic imine (C=N–C) groups is 1. The largest absolute Gasteiger partial charge is 0.247 e. The molecule has 0 saturated heterocycles. The lowest BCUT2D eigenvalue weighted by Gasteiger charge is -2.10. The molecule has 0 N–H and O–H groups in total. The van der Waals surface area contributed by atoms with Crippen molar-refractivity contribution >= 4 is 23.0 Å². The molecule has 2 heteroatoms. The summed E-state index contributed by atoms with van der Waals surface area (Å²) in [6.07, 6.45) is 9.24. The first-order valence-electron chi connectivity index (χ1n) is 9.96. The average molecular weight is 358 g/mol. The van der Waals surface area contributed by atoms with Gasteiger partial charge in [-0.15, -0.1) is 0 Å². The fraction of sp³-hybridized carbons (Fsp3) is 0.522. The number of benzene rings is 1. The van der Waals surface area contributed by atoms with Crippen molar-refractivity contribution in [2.45, 2.75) is 79.1 Å². The second-order valence-corrected chi connectivity index (χ2v) is 7.23. The van der Waals surface area contributed by atoms with Gasteiger partial charge in [-0.3, -0.25) is 0 Å². The Morgan fingerprint density at radius 2 is 1.12 bits per heavy atom. The minimum Gasteiger partial charge on any atom is -0.247 e.